The quantitative estimate of drug-likeness (QED) is 0.524. The number of hydrogen-bond donors (Lipinski definition) is 1. The van der Waals surface area contributed by atoms with E-state index in [-0.39, 0.29) is 6.54 Å². The maximum atomic E-state index is 12.0. The minimum Gasteiger partial charge on any atom is -0.456 e. The van der Waals surface area contributed by atoms with Crippen LogP contribution in [0.2, 0.25) is 5.02 Å². The Morgan fingerprint density at radius 2 is 1.96 bits per heavy atom. The summed E-state index contributed by atoms with van der Waals surface area (Å²) in [5.41, 5.74) is 0.538. The molecule has 1 aromatic heterocycles. The number of anilines is 1. The van der Waals surface area contributed by atoms with E-state index in [4.69, 9.17) is 16.3 Å². The van der Waals surface area contributed by atoms with E-state index >= 15 is 0 Å². The first-order valence-corrected chi connectivity index (χ1v) is 7.75. The Hall–Kier alpha value is -3.46. The molecule has 0 saturated carbocycles. The lowest BCUT2D eigenvalue weighted by molar-refractivity contribution is -0.394. The van der Waals surface area contributed by atoms with E-state index < -0.39 is 16.8 Å². The van der Waals surface area contributed by atoms with Crippen molar-refractivity contribution in [3.63, 3.8) is 0 Å². The van der Waals surface area contributed by atoms with Gasteiger partial charge >= 0.3 is 5.95 Å². The number of aromatic nitrogens is 3. The molecule has 0 radical (unpaired) electrons. The third kappa shape index (κ3) is 4.33. The van der Waals surface area contributed by atoms with E-state index in [1.165, 1.54) is 0 Å². The first kappa shape index (κ1) is 17.4. The van der Waals surface area contributed by atoms with E-state index in [9.17, 15) is 14.9 Å². The van der Waals surface area contributed by atoms with Crippen LogP contribution in [0.4, 0.5) is 11.6 Å². The van der Waals surface area contributed by atoms with Gasteiger partial charge in [-0.25, -0.2) is 0 Å². The molecule has 0 atom stereocenters. The third-order valence-corrected chi connectivity index (χ3v) is 3.51. The number of nitrogens with zero attached hydrogens (tertiary/aromatic N) is 4. The lowest BCUT2D eigenvalue weighted by Crippen LogP contribution is -2.19. The molecule has 0 fully saturated rings. The average molecular weight is 374 g/mol. The number of nitrogens with one attached hydrogen (secondary N) is 1. The first-order chi connectivity index (χ1) is 12.5. The summed E-state index contributed by atoms with van der Waals surface area (Å²) in [5, 5.41) is 17.2. The van der Waals surface area contributed by atoms with Gasteiger partial charge in [0.1, 0.15) is 18.0 Å². The number of amides is 1. The average Bonchev–Trinajstić information content (AvgIpc) is 3.07. The fraction of sp³-hybridized carbons (Fsp3) is 0.0625. The number of benzene rings is 2. The molecule has 1 N–H and O–H groups in total. The van der Waals surface area contributed by atoms with Crippen LogP contribution in [0, 0.1) is 10.1 Å². The highest BCUT2D eigenvalue weighted by atomic mass is 35.5. The summed E-state index contributed by atoms with van der Waals surface area (Å²) in [4.78, 5) is 25.2. The minimum absolute atomic E-state index is 0.196. The fourth-order valence-electron chi connectivity index (χ4n) is 2.05. The number of carbonyl (C=O) groups is 1. The Morgan fingerprint density at radius 3 is 2.62 bits per heavy atom. The van der Waals surface area contributed by atoms with Gasteiger partial charge in [0, 0.05) is 10.8 Å². The summed E-state index contributed by atoms with van der Waals surface area (Å²) in [5.74, 6) is 0.130. The van der Waals surface area contributed by atoms with Crippen LogP contribution in [-0.4, -0.2) is 25.6 Å². The van der Waals surface area contributed by atoms with Gasteiger partial charge in [0.15, 0.2) is 0 Å². The largest absolute Gasteiger partial charge is 0.490 e. The lowest BCUT2D eigenvalue weighted by atomic mass is 10.3. The highest BCUT2D eigenvalue weighted by Crippen LogP contribution is 2.29. The number of ether oxygens (including phenoxy) is 1. The molecule has 9 nitrogen and oxygen atoms in total. The highest BCUT2D eigenvalue weighted by Gasteiger charge is 2.15. The molecule has 0 unspecified atom stereocenters. The van der Waals surface area contributed by atoms with Gasteiger partial charge < -0.3 is 20.2 Å². The van der Waals surface area contributed by atoms with E-state index in [1.54, 1.807) is 42.5 Å². The summed E-state index contributed by atoms with van der Waals surface area (Å²) in [6.45, 7) is -0.196. The molecule has 3 aromatic rings. The van der Waals surface area contributed by atoms with Gasteiger partial charge in [-0.3, -0.25) is 4.79 Å². The summed E-state index contributed by atoms with van der Waals surface area (Å²) in [6, 6.07) is 13.8. The topological polar surface area (TPSA) is 112 Å². The van der Waals surface area contributed by atoms with Crippen molar-refractivity contribution in [1.29, 1.82) is 0 Å². The Balaban J connectivity index is 1.59. The number of nitro groups is 1. The van der Waals surface area contributed by atoms with Crippen LogP contribution in [0.3, 0.4) is 0 Å². The summed E-state index contributed by atoms with van der Waals surface area (Å²) in [7, 11) is 0. The van der Waals surface area contributed by atoms with Crippen LogP contribution in [-0.2, 0) is 11.3 Å². The maximum absolute atomic E-state index is 12.0. The number of para-hydroxylation sites is 1. The number of hydrogen-bond acceptors (Lipinski definition) is 6. The van der Waals surface area contributed by atoms with Crippen molar-refractivity contribution in [1.82, 2.24) is 14.8 Å². The van der Waals surface area contributed by atoms with E-state index in [0.717, 1.165) is 11.0 Å². The zero-order chi connectivity index (χ0) is 18.5. The van der Waals surface area contributed by atoms with Crippen LogP contribution < -0.4 is 10.1 Å². The van der Waals surface area contributed by atoms with Gasteiger partial charge in [-0.15, -0.1) is 0 Å². The Kier molecular flexibility index (Phi) is 5.09. The fourth-order valence-corrected chi connectivity index (χ4v) is 2.23. The molecule has 1 heterocycles. The van der Waals surface area contributed by atoms with Gasteiger partial charge in [0.2, 0.25) is 12.2 Å². The normalized spacial score (nSPS) is 10.3. The van der Waals surface area contributed by atoms with Crippen LogP contribution in [0.1, 0.15) is 0 Å². The molecule has 0 aliphatic rings. The van der Waals surface area contributed by atoms with Crippen LogP contribution in [0.15, 0.2) is 54.9 Å². The molecule has 0 spiro atoms. The second kappa shape index (κ2) is 7.62. The van der Waals surface area contributed by atoms with Crippen molar-refractivity contribution >= 4 is 29.1 Å². The third-order valence-electron chi connectivity index (χ3n) is 3.20. The summed E-state index contributed by atoms with van der Waals surface area (Å²) in [6.07, 6.45) is 1.12. The molecule has 132 valence electrons. The molecule has 0 aliphatic heterocycles. The molecular weight excluding hydrogens is 362 g/mol. The van der Waals surface area contributed by atoms with Gasteiger partial charge in [-0.1, -0.05) is 28.7 Å². The first-order valence-electron chi connectivity index (χ1n) is 7.37. The Labute approximate surface area is 152 Å². The van der Waals surface area contributed by atoms with Crippen molar-refractivity contribution in [2.24, 2.45) is 0 Å². The van der Waals surface area contributed by atoms with Gasteiger partial charge in [-0.05, 0) is 41.3 Å². The summed E-state index contributed by atoms with van der Waals surface area (Å²) >= 11 is 6.04. The van der Waals surface area contributed by atoms with Crippen molar-refractivity contribution < 1.29 is 14.5 Å². The van der Waals surface area contributed by atoms with Crippen molar-refractivity contribution in [3.8, 4) is 11.5 Å². The molecule has 10 heteroatoms. The second-order valence-electron chi connectivity index (χ2n) is 5.10. The predicted molar refractivity (Wildman–Crippen MR) is 93.3 cm³/mol. The van der Waals surface area contributed by atoms with Crippen molar-refractivity contribution in [2.75, 3.05) is 5.32 Å². The Bertz CT molecular complexity index is 942. The van der Waals surface area contributed by atoms with Crippen molar-refractivity contribution in [3.05, 3.63) is 70.0 Å². The molecule has 0 saturated heterocycles. The monoisotopic (exact) mass is 373 g/mol. The number of rotatable bonds is 6. The smallest absolute Gasteiger partial charge is 0.456 e. The molecule has 2 aromatic carbocycles. The SMILES string of the molecule is O=C(Cn1cnc([N+](=O)[O-])n1)Nc1ccc(Oc2ccccc2Cl)cc1. The number of carbonyl (C=O) groups excluding carboxylic acids is 1. The lowest BCUT2D eigenvalue weighted by Gasteiger charge is -2.08. The van der Waals surface area contributed by atoms with E-state index in [2.05, 4.69) is 15.4 Å². The van der Waals surface area contributed by atoms with Crippen LogP contribution in [0.5, 0.6) is 11.5 Å². The van der Waals surface area contributed by atoms with E-state index in [1.807, 2.05) is 6.07 Å². The van der Waals surface area contributed by atoms with Gasteiger partial charge in [-0.2, -0.15) is 4.68 Å². The molecular formula is C16H12ClN5O4. The predicted octanol–water partition coefficient (Wildman–Crippen LogP) is 3.27. The van der Waals surface area contributed by atoms with Crippen LogP contribution in [0.25, 0.3) is 0 Å². The van der Waals surface area contributed by atoms with Crippen molar-refractivity contribution in [2.45, 2.75) is 6.54 Å². The minimum atomic E-state index is -0.730. The molecule has 1 amide bonds. The Morgan fingerprint density at radius 1 is 1.23 bits per heavy atom. The maximum Gasteiger partial charge on any atom is 0.490 e. The molecule has 0 aliphatic carbocycles. The van der Waals surface area contributed by atoms with Crippen LogP contribution >= 0.6 is 11.6 Å². The molecule has 3 rings (SSSR count). The van der Waals surface area contributed by atoms with Gasteiger partial charge in [0.05, 0.1) is 5.02 Å². The zero-order valence-electron chi connectivity index (χ0n) is 13.2. The second-order valence-corrected chi connectivity index (χ2v) is 5.51. The highest BCUT2D eigenvalue weighted by molar-refractivity contribution is 6.32. The number of halogens is 1. The summed E-state index contributed by atoms with van der Waals surface area (Å²) < 4.78 is 6.74. The zero-order valence-corrected chi connectivity index (χ0v) is 14.0. The standard InChI is InChI=1S/C16H12ClN5O4/c17-13-3-1-2-4-14(13)26-12-7-5-11(6-8-12)19-15(23)9-21-10-18-16(20-21)22(24)25/h1-8,10H,9H2,(H,19,23). The molecule has 26 heavy (non-hydrogen) atoms. The van der Waals surface area contributed by atoms with E-state index in [0.29, 0.717) is 22.2 Å². The molecule has 0 bridgehead atoms. The van der Waals surface area contributed by atoms with Gasteiger partial charge in [0.25, 0.3) is 0 Å².